The van der Waals surface area contributed by atoms with E-state index in [2.05, 4.69) is 81.5 Å². The van der Waals surface area contributed by atoms with Crippen LogP contribution in [0.15, 0.2) is 60.8 Å². The summed E-state index contributed by atoms with van der Waals surface area (Å²) in [5.41, 5.74) is 0. The minimum absolute atomic E-state index is 0.0760. The van der Waals surface area contributed by atoms with Gasteiger partial charge in [-0.2, -0.15) is 0 Å². The zero-order chi connectivity index (χ0) is 55.0. The number of ether oxygens (including phenoxy) is 3. The van der Waals surface area contributed by atoms with Crippen molar-refractivity contribution in [2.45, 2.75) is 354 Å². The Morgan fingerprint density at radius 1 is 0.263 bits per heavy atom. The van der Waals surface area contributed by atoms with Gasteiger partial charge in [-0.1, -0.05) is 300 Å². The molecule has 0 saturated heterocycles. The summed E-state index contributed by atoms with van der Waals surface area (Å²) in [7, 11) is 0. The van der Waals surface area contributed by atoms with Crippen LogP contribution in [0.4, 0.5) is 0 Å². The van der Waals surface area contributed by atoms with E-state index in [0.717, 1.165) is 96.3 Å². The Morgan fingerprint density at radius 2 is 0.474 bits per heavy atom. The molecule has 0 spiro atoms. The maximum absolute atomic E-state index is 12.9. The van der Waals surface area contributed by atoms with Gasteiger partial charge in [-0.15, -0.1) is 0 Å². The minimum Gasteiger partial charge on any atom is -0.462 e. The molecule has 6 nitrogen and oxygen atoms in total. The van der Waals surface area contributed by atoms with Crippen molar-refractivity contribution in [3.8, 4) is 0 Å². The number of unbranched alkanes of at least 4 members (excludes halogenated alkanes) is 40. The van der Waals surface area contributed by atoms with Crippen LogP contribution in [-0.4, -0.2) is 37.2 Å². The average molecular weight is 1060 g/mol. The van der Waals surface area contributed by atoms with E-state index < -0.39 is 6.10 Å². The van der Waals surface area contributed by atoms with Gasteiger partial charge in [-0.25, -0.2) is 0 Å². The van der Waals surface area contributed by atoms with Crippen LogP contribution in [0.3, 0.4) is 0 Å². The molecule has 0 aromatic carbocycles. The summed E-state index contributed by atoms with van der Waals surface area (Å²) in [5, 5.41) is 0. The predicted octanol–water partition coefficient (Wildman–Crippen LogP) is 22.7. The van der Waals surface area contributed by atoms with Crippen molar-refractivity contribution in [2.24, 2.45) is 0 Å². The van der Waals surface area contributed by atoms with Crippen LogP contribution in [0.1, 0.15) is 348 Å². The van der Waals surface area contributed by atoms with E-state index in [1.165, 1.54) is 212 Å². The Balaban J connectivity index is 4.22. The summed E-state index contributed by atoms with van der Waals surface area (Å²) in [6.07, 6.45) is 82.3. The third-order valence-electron chi connectivity index (χ3n) is 14.7. The molecule has 0 radical (unpaired) electrons. The van der Waals surface area contributed by atoms with Gasteiger partial charge in [0.05, 0.1) is 0 Å². The number of allylic oxidation sites excluding steroid dienone is 10. The number of esters is 3. The van der Waals surface area contributed by atoms with Crippen molar-refractivity contribution in [1.82, 2.24) is 0 Å². The van der Waals surface area contributed by atoms with Crippen molar-refractivity contribution in [1.29, 1.82) is 0 Å². The van der Waals surface area contributed by atoms with Crippen molar-refractivity contribution in [3.05, 3.63) is 60.8 Å². The van der Waals surface area contributed by atoms with Crippen LogP contribution in [-0.2, 0) is 28.6 Å². The smallest absolute Gasteiger partial charge is 0.306 e. The van der Waals surface area contributed by atoms with Crippen LogP contribution in [0.5, 0.6) is 0 Å². The summed E-state index contributed by atoms with van der Waals surface area (Å²) >= 11 is 0. The second-order valence-corrected chi connectivity index (χ2v) is 22.4. The molecular formula is C70H126O6. The monoisotopic (exact) mass is 1060 g/mol. The van der Waals surface area contributed by atoms with E-state index >= 15 is 0 Å². The zero-order valence-electron chi connectivity index (χ0n) is 50.8. The molecule has 0 aromatic heterocycles. The first kappa shape index (κ1) is 73.1. The molecule has 0 bridgehead atoms. The maximum Gasteiger partial charge on any atom is 0.306 e. The first-order valence-corrected chi connectivity index (χ1v) is 33.3. The summed E-state index contributed by atoms with van der Waals surface area (Å²) in [6, 6.07) is 0. The van der Waals surface area contributed by atoms with E-state index in [-0.39, 0.29) is 31.1 Å². The summed E-state index contributed by atoms with van der Waals surface area (Å²) in [6.45, 7) is 6.64. The highest BCUT2D eigenvalue weighted by molar-refractivity contribution is 5.71. The standard InChI is InChI=1S/C70H126O6/c1-4-7-10-13-16-19-22-25-27-29-30-31-32-33-34-35-36-37-38-39-40-41-43-45-48-51-54-57-60-63-69(72)75-66-67(65-74-68(71)62-59-56-53-50-47-44-24-21-18-15-12-9-6-3)76-70(73)64-61-58-55-52-49-46-42-28-26-23-20-17-14-11-8-5-2/h20,22-23,25,28-30,32-33,42,67H,4-19,21,24,26-27,31,34-41,43-66H2,1-3H3/b23-20-,25-22-,30-29-,33-32-,42-28-. The molecule has 1 unspecified atom stereocenters. The number of carbonyl (C=O) groups excluding carboxylic acids is 3. The molecule has 0 fully saturated rings. The van der Waals surface area contributed by atoms with Gasteiger partial charge in [0, 0.05) is 19.3 Å². The van der Waals surface area contributed by atoms with Gasteiger partial charge in [-0.05, 0) is 89.9 Å². The van der Waals surface area contributed by atoms with Crippen molar-refractivity contribution >= 4 is 17.9 Å². The van der Waals surface area contributed by atoms with Crippen LogP contribution < -0.4 is 0 Å². The van der Waals surface area contributed by atoms with Gasteiger partial charge in [0.2, 0.25) is 0 Å². The van der Waals surface area contributed by atoms with E-state index in [4.69, 9.17) is 14.2 Å². The van der Waals surface area contributed by atoms with Crippen LogP contribution >= 0.6 is 0 Å². The lowest BCUT2D eigenvalue weighted by atomic mass is 10.0. The molecule has 1 atom stereocenters. The second-order valence-electron chi connectivity index (χ2n) is 22.4. The second kappa shape index (κ2) is 64.6. The van der Waals surface area contributed by atoms with Gasteiger partial charge >= 0.3 is 17.9 Å². The average Bonchev–Trinajstić information content (AvgIpc) is 3.42. The largest absolute Gasteiger partial charge is 0.462 e. The van der Waals surface area contributed by atoms with Crippen LogP contribution in [0.25, 0.3) is 0 Å². The summed E-state index contributed by atoms with van der Waals surface area (Å²) in [5.74, 6) is -0.872. The molecule has 0 N–H and O–H groups in total. The van der Waals surface area contributed by atoms with E-state index in [9.17, 15) is 14.4 Å². The highest BCUT2D eigenvalue weighted by Crippen LogP contribution is 2.17. The number of rotatable bonds is 61. The van der Waals surface area contributed by atoms with Crippen molar-refractivity contribution in [2.75, 3.05) is 13.2 Å². The quantitative estimate of drug-likeness (QED) is 0.0261. The van der Waals surface area contributed by atoms with Gasteiger partial charge in [-0.3, -0.25) is 14.4 Å². The van der Waals surface area contributed by atoms with Crippen molar-refractivity contribution < 1.29 is 28.6 Å². The maximum atomic E-state index is 12.9. The molecule has 0 aliphatic heterocycles. The molecule has 442 valence electrons. The van der Waals surface area contributed by atoms with Gasteiger partial charge in [0.15, 0.2) is 6.10 Å². The minimum atomic E-state index is -0.780. The highest BCUT2D eigenvalue weighted by atomic mass is 16.6. The lowest BCUT2D eigenvalue weighted by molar-refractivity contribution is -0.167. The van der Waals surface area contributed by atoms with Crippen LogP contribution in [0.2, 0.25) is 0 Å². The molecule has 0 rings (SSSR count). The predicted molar refractivity (Wildman–Crippen MR) is 330 cm³/mol. The molecule has 0 aliphatic rings. The fraction of sp³-hybridized carbons (Fsp3) is 0.814. The molecule has 0 aliphatic carbocycles. The van der Waals surface area contributed by atoms with Crippen molar-refractivity contribution in [3.63, 3.8) is 0 Å². The molecular weight excluding hydrogens is 937 g/mol. The summed E-state index contributed by atoms with van der Waals surface area (Å²) in [4.78, 5) is 38.3. The Kier molecular flexibility index (Phi) is 62.2. The van der Waals surface area contributed by atoms with E-state index in [1.807, 2.05) is 0 Å². The molecule has 6 heteroatoms. The normalized spacial score (nSPS) is 12.4. The SMILES string of the molecule is CCCCCC/C=C\C/C=C\CCCCCCCC(=O)OC(COC(=O)CCCCCCCCCCCCCCC)COC(=O)CCCCCCCCCCCCCCCC/C=C\C/C=C\C/C=C\CCCCCCC. The molecule has 76 heavy (non-hydrogen) atoms. The Hall–Kier alpha value is -2.89. The molecule has 0 aromatic rings. The summed E-state index contributed by atoms with van der Waals surface area (Å²) < 4.78 is 16.9. The Labute approximate surface area is 472 Å². The number of hydrogen-bond donors (Lipinski definition) is 0. The fourth-order valence-electron chi connectivity index (χ4n) is 9.72. The third kappa shape index (κ3) is 62.0. The Bertz CT molecular complexity index is 1360. The van der Waals surface area contributed by atoms with Gasteiger partial charge < -0.3 is 14.2 Å². The molecule has 0 saturated carbocycles. The zero-order valence-corrected chi connectivity index (χ0v) is 50.8. The molecule has 0 amide bonds. The first-order chi connectivity index (χ1) is 37.5. The van der Waals surface area contributed by atoms with E-state index in [1.54, 1.807) is 0 Å². The molecule has 0 heterocycles. The highest BCUT2D eigenvalue weighted by Gasteiger charge is 2.19. The number of carbonyl (C=O) groups is 3. The van der Waals surface area contributed by atoms with Crippen LogP contribution in [0, 0.1) is 0 Å². The lowest BCUT2D eigenvalue weighted by Gasteiger charge is -2.18. The van der Waals surface area contributed by atoms with Gasteiger partial charge in [0.1, 0.15) is 13.2 Å². The first-order valence-electron chi connectivity index (χ1n) is 33.3. The third-order valence-corrected chi connectivity index (χ3v) is 14.7. The van der Waals surface area contributed by atoms with Gasteiger partial charge in [0.25, 0.3) is 0 Å². The van der Waals surface area contributed by atoms with E-state index in [0.29, 0.717) is 19.3 Å². The Morgan fingerprint density at radius 3 is 0.750 bits per heavy atom. The lowest BCUT2D eigenvalue weighted by Crippen LogP contribution is -2.30. The fourth-order valence-corrected chi connectivity index (χ4v) is 9.72. The topological polar surface area (TPSA) is 78.9 Å². The number of hydrogen-bond acceptors (Lipinski definition) is 6.